The van der Waals surface area contributed by atoms with Crippen LogP contribution in [-0.2, 0) is 0 Å². The Morgan fingerprint density at radius 2 is 1.58 bits per heavy atom. The van der Waals surface area contributed by atoms with E-state index in [1.54, 1.807) is 0 Å². The number of hydrogen-bond acceptors (Lipinski definition) is 0. The van der Waals surface area contributed by atoms with Crippen LogP contribution >= 0.6 is 5.51 Å². The molecule has 1 aromatic rings. The third kappa shape index (κ3) is 1.87. The first-order valence-electron chi connectivity index (χ1n) is 3.65. The van der Waals surface area contributed by atoms with Crippen LogP contribution < -0.4 is 5.30 Å². The van der Waals surface area contributed by atoms with Crippen LogP contribution in [0, 0.1) is 0 Å². The van der Waals surface area contributed by atoms with E-state index in [4.69, 9.17) is 0 Å². The van der Waals surface area contributed by atoms with Gasteiger partial charge in [0.2, 0.25) is 0 Å². The van der Waals surface area contributed by atoms with Crippen molar-refractivity contribution >= 4 is 25.9 Å². The van der Waals surface area contributed by atoms with Crippen molar-refractivity contribution in [3.63, 3.8) is 0 Å². The molecule has 0 aliphatic heterocycles. The van der Waals surface area contributed by atoms with Gasteiger partial charge in [0.05, 0.1) is 0 Å². The molecule has 0 saturated heterocycles. The predicted octanol–water partition coefficient (Wildman–Crippen LogP) is 2.70. The normalized spacial score (nSPS) is 10.7. The molecule has 0 atom stereocenters. The van der Waals surface area contributed by atoms with E-state index < -0.39 is 5.51 Å². The number of benzene rings is 1. The van der Waals surface area contributed by atoms with Gasteiger partial charge in [-0.1, -0.05) is 0 Å². The average molecular weight is 241 g/mol. The molecular formula is C10H11PSe. The van der Waals surface area contributed by atoms with Crippen molar-refractivity contribution in [2.75, 3.05) is 0 Å². The van der Waals surface area contributed by atoms with Gasteiger partial charge >= 0.3 is 81.0 Å². The molecule has 0 nitrogen and oxygen atoms in total. The zero-order chi connectivity index (χ0) is 9.03. The van der Waals surface area contributed by atoms with Crippen LogP contribution in [0.15, 0.2) is 55.1 Å². The molecule has 0 aliphatic carbocycles. The predicted molar refractivity (Wildman–Crippen MR) is 59.1 cm³/mol. The van der Waals surface area contributed by atoms with Crippen LogP contribution in [0.4, 0.5) is 0 Å². The van der Waals surface area contributed by atoms with Gasteiger partial charge in [-0.15, -0.1) is 0 Å². The zero-order valence-electron chi connectivity index (χ0n) is 6.81. The first-order chi connectivity index (χ1) is 5.73. The molecule has 62 valence electrons. The maximum absolute atomic E-state index is 3.83. The summed E-state index contributed by atoms with van der Waals surface area (Å²) in [5, 5.41) is 1.29. The molecule has 1 rings (SSSR count). The Morgan fingerprint density at radius 1 is 1.08 bits per heavy atom. The second-order valence-electron chi connectivity index (χ2n) is 2.41. The fourth-order valence-corrected chi connectivity index (χ4v) is 2.92. The van der Waals surface area contributed by atoms with Crippen molar-refractivity contribution in [1.82, 2.24) is 0 Å². The monoisotopic (exact) mass is 242 g/mol. The Hall–Kier alpha value is -0.351. The van der Waals surface area contributed by atoms with Gasteiger partial charge in [0.15, 0.2) is 0 Å². The van der Waals surface area contributed by atoms with E-state index >= 15 is 0 Å². The molecule has 0 spiro atoms. The van der Waals surface area contributed by atoms with Crippen LogP contribution in [0.2, 0.25) is 0 Å². The van der Waals surface area contributed by atoms with E-state index in [2.05, 4.69) is 40.4 Å². The molecule has 12 heavy (non-hydrogen) atoms. The maximum atomic E-state index is 3.83. The molecule has 0 fully saturated rings. The van der Waals surface area contributed by atoms with Gasteiger partial charge in [-0.25, -0.2) is 0 Å². The first kappa shape index (κ1) is 9.74. The van der Waals surface area contributed by atoms with Gasteiger partial charge in [-0.3, -0.25) is 0 Å². The third-order valence-electron chi connectivity index (χ3n) is 1.70. The van der Waals surface area contributed by atoms with Gasteiger partial charge in [0, 0.05) is 0 Å². The van der Waals surface area contributed by atoms with Crippen LogP contribution in [0.1, 0.15) is 0 Å². The van der Waals surface area contributed by atoms with E-state index in [-0.39, 0.29) is 0 Å². The number of rotatable bonds is 3. The topological polar surface area (TPSA) is 0 Å². The Balaban J connectivity index is 3.21. The van der Waals surface area contributed by atoms with Gasteiger partial charge in [-0.2, -0.15) is 0 Å². The summed E-state index contributed by atoms with van der Waals surface area (Å²) in [6, 6.07) is 10.3. The summed E-state index contributed by atoms with van der Waals surface area (Å²) in [6.07, 6.45) is 0. The molecular weight excluding hydrogens is 230 g/mol. The Kier molecular flexibility index (Phi) is 3.28. The van der Waals surface area contributed by atoms with Crippen molar-refractivity contribution in [2.24, 2.45) is 0 Å². The minimum absolute atomic E-state index is 1.29. The van der Waals surface area contributed by atoms with Crippen molar-refractivity contribution in [3.8, 4) is 0 Å². The molecule has 1 aromatic carbocycles. The van der Waals surface area contributed by atoms with Crippen molar-refractivity contribution in [1.29, 1.82) is 0 Å². The number of hydrogen-bond donors (Lipinski definition) is 0. The van der Waals surface area contributed by atoms with Gasteiger partial charge < -0.3 is 0 Å². The molecule has 0 bridgehead atoms. The standard InChI is InChI=1S/C10H11PSe/c1-3-11(12,4-2)10-8-6-5-7-9-10/h3-9H,1-2H2. The SMILES string of the molecule is C=CP(=[Se])(C=C)c1ccccc1. The van der Waals surface area contributed by atoms with Crippen molar-refractivity contribution < 1.29 is 0 Å². The molecule has 0 radical (unpaired) electrons. The summed E-state index contributed by atoms with van der Waals surface area (Å²) in [6.45, 7) is 7.65. The van der Waals surface area contributed by atoms with E-state index in [1.165, 1.54) is 5.30 Å². The molecule has 0 saturated carbocycles. The first-order valence-corrected chi connectivity index (χ1v) is 7.79. The third-order valence-corrected chi connectivity index (χ3v) is 7.10. The summed E-state index contributed by atoms with van der Waals surface area (Å²) in [4.78, 5) is 0. The van der Waals surface area contributed by atoms with Gasteiger partial charge in [-0.05, 0) is 0 Å². The van der Waals surface area contributed by atoms with E-state index in [0.29, 0.717) is 0 Å². The molecule has 0 unspecified atom stereocenters. The summed E-state index contributed by atoms with van der Waals surface area (Å²) < 4.78 is 0. The van der Waals surface area contributed by atoms with Crippen LogP contribution in [-0.4, -0.2) is 15.1 Å². The van der Waals surface area contributed by atoms with E-state index in [9.17, 15) is 0 Å². The molecule has 0 aromatic heterocycles. The second-order valence-corrected chi connectivity index (χ2v) is 8.88. The average Bonchev–Trinajstić information content (AvgIpc) is 2.18. The molecule has 2 heteroatoms. The zero-order valence-corrected chi connectivity index (χ0v) is 9.42. The summed E-state index contributed by atoms with van der Waals surface area (Å²) in [7, 11) is 0. The fourth-order valence-electron chi connectivity index (χ4n) is 0.946. The van der Waals surface area contributed by atoms with Crippen LogP contribution in [0.5, 0.6) is 0 Å². The van der Waals surface area contributed by atoms with Crippen LogP contribution in [0.25, 0.3) is 0 Å². The van der Waals surface area contributed by atoms with E-state index in [0.717, 1.165) is 0 Å². The molecule has 0 heterocycles. The van der Waals surface area contributed by atoms with Gasteiger partial charge in [0.25, 0.3) is 0 Å². The second kappa shape index (κ2) is 4.05. The van der Waals surface area contributed by atoms with Crippen LogP contribution in [0.3, 0.4) is 0 Å². The van der Waals surface area contributed by atoms with Crippen molar-refractivity contribution in [2.45, 2.75) is 0 Å². The molecule has 0 amide bonds. The van der Waals surface area contributed by atoms with Gasteiger partial charge in [0.1, 0.15) is 0 Å². The quantitative estimate of drug-likeness (QED) is 0.563. The Bertz CT molecular complexity index is 315. The minimum atomic E-state index is -1.38. The van der Waals surface area contributed by atoms with Crippen molar-refractivity contribution in [3.05, 3.63) is 55.1 Å². The summed E-state index contributed by atoms with van der Waals surface area (Å²) in [5.41, 5.74) is -1.38. The Labute approximate surface area is 81.2 Å². The summed E-state index contributed by atoms with van der Waals surface area (Å²) >= 11 is 3.18. The fraction of sp³-hybridized carbons (Fsp3) is 0. The molecule has 0 N–H and O–H groups in total. The summed E-state index contributed by atoms with van der Waals surface area (Å²) in [5.74, 6) is 3.94. The molecule has 0 aliphatic rings. The Morgan fingerprint density at radius 3 is 2.00 bits per heavy atom. The van der Waals surface area contributed by atoms with E-state index in [1.807, 2.05) is 29.8 Å².